The number of Topliss-reactive ketones (excluding diaryl/α,β-unsaturated/α-hetero) is 1. The predicted molar refractivity (Wildman–Crippen MR) is 134 cm³/mol. The van der Waals surface area contributed by atoms with Crippen LogP contribution in [0.1, 0.15) is 57.9 Å². The second-order valence-electron chi connectivity index (χ2n) is 10.3. The highest BCUT2D eigenvalue weighted by molar-refractivity contribution is 5.93. The van der Waals surface area contributed by atoms with Crippen molar-refractivity contribution in [2.24, 2.45) is 17.8 Å². The molecule has 4 N–H and O–H groups in total. The van der Waals surface area contributed by atoms with Gasteiger partial charge in [-0.1, -0.05) is 44.2 Å². The van der Waals surface area contributed by atoms with Crippen molar-refractivity contribution in [3.05, 3.63) is 35.9 Å². The van der Waals surface area contributed by atoms with Crippen LogP contribution in [0, 0.1) is 17.8 Å². The van der Waals surface area contributed by atoms with Crippen LogP contribution in [-0.4, -0.2) is 60.1 Å². The largest absolute Gasteiger partial charge is 0.446 e. The Morgan fingerprint density at radius 3 is 2.47 bits per heavy atom. The number of rotatable bonds is 12. The van der Waals surface area contributed by atoms with Gasteiger partial charge in [-0.3, -0.25) is 14.4 Å². The number of carbonyl (C=O) groups excluding carboxylic acids is 4. The standard InChI is InChI=1S/C27H39N3O6/c1-17(2)13-22(26(34)29-21(23(32)16-31)15-20-11-12-28-25(20)33)30-27(35)36-24-10-6-9-19(24)14-18-7-4-3-5-8-18/h3-5,7-8,17,19-22,24,31H,6,9-16H2,1-2H3,(H,28,33)(H,29,34)(H,30,35)/t19?,20-,21-,22-,24?/m0/s1. The molecule has 1 saturated carbocycles. The lowest BCUT2D eigenvalue weighted by Crippen LogP contribution is -2.53. The van der Waals surface area contributed by atoms with Gasteiger partial charge in [0, 0.05) is 18.4 Å². The molecule has 1 aliphatic heterocycles. The smallest absolute Gasteiger partial charge is 0.408 e. The second-order valence-corrected chi connectivity index (χ2v) is 10.3. The van der Waals surface area contributed by atoms with Crippen molar-refractivity contribution in [3.8, 4) is 0 Å². The summed E-state index contributed by atoms with van der Waals surface area (Å²) in [6.45, 7) is 3.64. The van der Waals surface area contributed by atoms with Gasteiger partial charge >= 0.3 is 6.09 Å². The van der Waals surface area contributed by atoms with E-state index in [0.29, 0.717) is 19.4 Å². The van der Waals surface area contributed by atoms with Gasteiger partial charge in [-0.2, -0.15) is 0 Å². The first-order valence-corrected chi connectivity index (χ1v) is 13.0. The number of aliphatic hydroxyl groups is 1. The molecule has 198 valence electrons. The fraction of sp³-hybridized carbons (Fsp3) is 0.630. The molecule has 2 fully saturated rings. The summed E-state index contributed by atoms with van der Waals surface area (Å²) in [5.41, 5.74) is 1.20. The zero-order valence-corrected chi connectivity index (χ0v) is 21.2. The number of amides is 3. The van der Waals surface area contributed by atoms with Crippen LogP contribution in [0.15, 0.2) is 30.3 Å². The van der Waals surface area contributed by atoms with Gasteiger partial charge in [-0.05, 0) is 56.4 Å². The molecular weight excluding hydrogens is 462 g/mol. The lowest BCUT2D eigenvalue weighted by molar-refractivity contribution is -0.131. The number of alkyl carbamates (subject to hydrolysis) is 1. The number of benzene rings is 1. The van der Waals surface area contributed by atoms with Crippen molar-refractivity contribution in [1.29, 1.82) is 0 Å². The molecule has 36 heavy (non-hydrogen) atoms. The van der Waals surface area contributed by atoms with Gasteiger partial charge in [0.2, 0.25) is 11.8 Å². The summed E-state index contributed by atoms with van der Waals surface area (Å²) in [6, 6.07) is 8.19. The lowest BCUT2D eigenvalue weighted by Gasteiger charge is -2.26. The number of nitrogens with one attached hydrogen (secondary N) is 3. The summed E-state index contributed by atoms with van der Waals surface area (Å²) >= 11 is 0. The molecule has 5 atom stereocenters. The Hall–Kier alpha value is -2.94. The SMILES string of the molecule is CC(C)C[C@H](NC(=O)OC1CCCC1Cc1ccccc1)C(=O)N[C@@H](C[C@@H]1CCNC1=O)C(=O)CO. The molecule has 2 unspecified atom stereocenters. The van der Waals surface area contributed by atoms with Crippen LogP contribution in [-0.2, 0) is 25.5 Å². The Balaban J connectivity index is 1.60. The van der Waals surface area contributed by atoms with Crippen molar-refractivity contribution >= 4 is 23.7 Å². The number of ether oxygens (including phenoxy) is 1. The topological polar surface area (TPSA) is 134 Å². The molecule has 9 nitrogen and oxygen atoms in total. The van der Waals surface area contributed by atoms with Crippen LogP contribution < -0.4 is 16.0 Å². The molecule has 0 bridgehead atoms. The molecule has 1 heterocycles. The zero-order valence-electron chi connectivity index (χ0n) is 21.2. The molecule has 1 aromatic carbocycles. The van der Waals surface area contributed by atoms with E-state index in [9.17, 15) is 24.3 Å². The predicted octanol–water partition coefficient (Wildman–Crippen LogP) is 2.11. The van der Waals surface area contributed by atoms with E-state index < -0.39 is 42.4 Å². The quantitative estimate of drug-likeness (QED) is 0.347. The van der Waals surface area contributed by atoms with E-state index in [2.05, 4.69) is 28.1 Å². The maximum absolute atomic E-state index is 13.1. The molecule has 2 aliphatic rings. The maximum Gasteiger partial charge on any atom is 0.408 e. The van der Waals surface area contributed by atoms with Crippen LogP contribution >= 0.6 is 0 Å². The van der Waals surface area contributed by atoms with E-state index in [1.807, 2.05) is 32.0 Å². The second kappa shape index (κ2) is 13.4. The molecule has 1 aromatic rings. The Kier molecular flexibility index (Phi) is 10.3. The van der Waals surface area contributed by atoms with E-state index in [1.54, 1.807) is 0 Å². The highest BCUT2D eigenvalue weighted by Crippen LogP contribution is 2.31. The first-order valence-electron chi connectivity index (χ1n) is 13.0. The minimum atomic E-state index is -1.01. The van der Waals surface area contributed by atoms with Crippen molar-refractivity contribution in [2.75, 3.05) is 13.2 Å². The van der Waals surface area contributed by atoms with Gasteiger partial charge in [0.15, 0.2) is 5.78 Å². The minimum absolute atomic E-state index is 0.0889. The van der Waals surface area contributed by atoms with Gasteiger partial charge in [-0.15, -0.1) is 0 Å². The number of hydrogen-bond donors (Lipinski definition) is 4. The number of aliphatic hydroxyl groups excluding tert-OH is 1. The average Bonchev–Trinajstić information content (AvgIpc) is 3.46. The van der Waals surface area contributed by atoms with Crippen LogP contribution in [0.25, 0.3) is 0 Å². The van der Waals surface area contributed by atoms with Crippen LogP contribution in [0.4, 0.5) is 4.79 Å². The molecule has 1 aliphatic carbocycles. The Labute approximate surface area is 212 Å². The number of ketones is 1. The van der Waals surface area contributed by atoms with Gasteiger partial charge in [0.25, 0.3) is 0 Å². The maximum atomic E-state index is 13.1. The third kappa shape index (κ3) is 8.05. The molecule has 9 heteroatoms. The fourth-order valence-corrected chi connectivity index (χ4v) is 5.13. The van der Waals surface area contributed by atoms with Crippen LogP contribution in [0.3, 0.4) is 0 Å². The first kappa shape index (κ1) is 27.6. The van der Waals surface area contributed by atoms with Crippen molar-refractivity contribution < 1.29 is 29.0 Å². The van der Waals surface area contributed by atoms with E-state index in [1.165, 1.54) is 5.56 Å². The number of carbonyl (C=O) groups is 4. The van der Waals surface area contributed by atoms with Gasteiger partial charge in [-0.25, -0.2) is 4.79 Å². The van der Waals surface area contributed by atoms with Crippen LogP contribution in [0.2, 0.25) is 0 Å². The summed E-state index contributed by atoms with van der Waals surface area (Å²) < 4.78 is 5.76. The normalized spacial score (nSPS) is 23.1. The van der Waals surface area contributed by atoms with Crippen molar-refractivity contribution in [2.45, 2.75) is 77.0 Å². The third-order valence-corrected chi connectivity index (χ3v) is 7.05. The Bertz CT molecular complexity index is 906. The van der Waals surface area contributed by atoms with E-state index in [4.69, 9.17) is 4.74 Å². The van der Waals surface area contributed by atoms with Crippen molar-refractivity contribution in [3.63, 3.8) is 0 Å². The summed E-state index contributed by atoms with van der Waals surface area (Å²) in [5.74, 6) is -1.36. The van der Waals surface area contributed by atoms with E-state index in [-0.39, 0.29) is 30.3 Å². The van der Waals surface area contributed by atoms with E-state index >= 15 is 0 Å². The summed E-state index contributed by atoms with van der Waals surface area (Å²) in [7, 11) is 0. The van der Waals surface area contributed by atoms with E-state index in [0.717, 1.165) is 25.7 Å². The summed E-state index contributed by atoms with van der Waals surface area (Å²) in [6.07, 6.45) is 3.71. The molecular formula is C27H39N3O6. The van der Waals surface area contributed by atoms with Gasteiger partial charge in [0.05, 0.1) is 6.04 Å². The molecule has 3 amide bonds. The third-order valence-electron chi connectivity index (χ3n) is 7.05. The van der Waals surface area contributed by atoms with Gasteiger partial charge < -0.3 is 25.8 Å². The van der Waals surface area contributed by atoms with Crippen molar-refractivity contribution in [1.82, 2.24) is 16.0 Å². The fourth-order valence-electron chi connectivity index (χ4n) is 5.13. The monoisotopic (exact) mass is 501 g/mol. The zero-order chi connectivity index (χ0) is 26.1. The molecule has 3 rings (SSSR count). The van der Waals surface area contributed by atoms with Crippen LogP contribution in [0.5, 0.6) is 0 Å². The summed E-state index contributed by atoms with van der Waals surface area (Å²) in [4.78, 5) is 50.2. The highest BCUT2D eigenvalue weighted by atomic mass is 16.6. The van der Waals surface area contributed by atoms with Gasteiger partial charge in [0.1, 0.15) is 18.8 Å². The molecule has 1 saturated heterocycles. The number of hydrogen-bond acceptors (Lipinski definition) is 6. The molecule has 0 radical (unpaired) electrons. The summed E-state index contributed by atoms with van der Waals surface area (Å²) in [5, 5.41) is 17.5. The minimum Gasteiger partial charge on any atom is -0.446 e. The average molecular weight is 502 g/mol. The molecule has 0 aromatic heterocycles. The lowest BCUT2D eigenvalue weighted by atomic mass is 9.95. The first-order chi connectivity index (χ1) is 17.3. The Morgan fingerprint density at radius 1 is 1.08 bits per heavy atom. The highest BCUT2D eigenvalue weighted by Gasteiger charge is 2.34. The molecule has 0 spiro atoms. The Morgan fingerprint density at radius 2 is 1.83 bits per heavy atom.